The first kappa shape index (κ1) is 30.4. The molecule has 4 bridgehead atoms. The minimum Gasteiger partial charge on any atom is -0.481 e. The van der Waals surface area contributed by atoms with Crippen LogP contribution < -0.4 is 20.1 Å². The summed E-state index contributed by atoms with van der Waals surface area (Å²) in [6.45, 7) is 1.61. The molecule has 13 nitrogen and oxygen atoms in total. The molecule has 5 N–H and O–H groups in total. The van der Waals surface area contributed by atoms with Crippen LogP contribution in [0.25, 0.3) is 11.0 Å². The number of hydrogen-bond donors (Lipinski definition) is 5. The van der Waals surface area contributed by atoms with E-state index in [4.69, 9.17) is 9.15 Å². The smallest absolute Gasteiger partial charge is 0.421 e. The van der Waals surface area contributed by atoms with Crippen LogP contribution in [0.1, 0.15) is 75.2 Å². The van der Waals surface area contributed by atoms with Crippen molar-refractivity contribution in [2.45, 2.75) is 70.3 Å². The monoisotopic (exact) mass is 629 g/mol. The van der Waals surface area contributed by atoms with Crippen LogP contribution in [-0.2, 0) is 31.0 Å². The number of nitrogens with zero attached hydrogens (tertiary/aromatic N) is 1. The van der Waals surface area contributed by atoms with Gasteiger partial charge in [-0.1, -0.05) is 6.07 Å². The predicted molar refractivity (Wildman–Crippen MR) is 160 cm³/mol. The molecule has 2 heterocycles. The number of amides is 2. The summed E-state index contributed by atoms with van der Waals surface area (Å²) in [5, 5.41) is 15.9. The molecule has 1 aromatic heterocycles. The molecule has 5 aliphatic rings. The number of aliphatic carboxylic acids is 1. The fourth-order valence-electron chi connectivity index (χ4n) is 7.93. The van der Waals surface area contributed by atoms with Crippen molar-refractivity contribution >= 4 is 45.1 Å². The minimum atomic E-state index is -4.49. The number of ether oxygens (including phenoxy) is 1. The van der Waals surface area contributed by atoms with E-state index in [-0.39, 0.29) is 30.1 Å². The highest BCUT2D eigenvalue weighted by Gasteiger charge is 2.51. The summed E-state index contributed by atoms with van der Waals surface area (Å²) in [5.41, 5.74) is 1.19. The van der Waals surface area contributed by atoms with Gasteiger partial charge in [-0.15, -0.1) is 0 Å². The number of fused-ring (bicyclic) bond motifs is 1. The van der Waals surface area contributed by atoms with Gasteiger partial charge in [-0.05, 0) is 92.9 Å². The third kappa shape index (κ3) is 7.34. The number of nitrogens with one attached hydrogen (secondary N) is 4. The zero-order valence-electron chi connectivity index (χ0n) is 24.5. The molecule has 0 spiro atoms. The summed E-state index contributed by atoms with van der Waals surface area (Å²) >= 11 is 0. The molecule has 1 unspecified atom stereocenters. The Kier molecular flexibility index (Phi) is 8.55. The number of carboxylic acids is 1. The highest BCUT2D eigenvalue weighted by Crippen LogP contribution is 2.60. The number of hydrogen-bond acceptors (Lipinski definition) is 9. The molecule has 0 radical (unpaired) electrons. The molecule has 4 saturated carbocycles. The van der Waals surface area contributed by atoms with Crippen molar-refractivity contribution in [1.29, 1.82) is 0 Å². The molecule has 238 valence electrons. The normalized spacial score (nSPS) is 26.5. The van der Waals surface area contributed by atoms with Crippen LogP contribution in [0.2, 0.25) is 0 Å². The van der Waals surface area contributed by atoms with Gasteiger partial charge >= 0.3 is 22.3 Å². The molecular weight excluding hydrogens is 590 g/mol. The molecule has 2 aromatic rings. The highest BCUT2D eigenvalue weighted by molar-refractivity contribution is 7.88. The molecule has 1 atom stereocenters. The van der Waals surface area contributed by atoms with Crippen LogP contribution in [-0.4, -0.2) is 57.1 Å². The van der Waals surface area contributed by atoms with Gasteiger partial charge in [-0.3, -0.25) is 19.9 Å². The number of furan rings is 1. The van der Waals surface area contributed by atoms with Crippen LogP contribution in [0.5, 0.6) is 0 Å². The Balaban J connectivity index is 1.06. The first-order chi connectivity index (χ1) is 21.0. The molecule has 7 rings (SSSR count). The lowest BCUT2D eigenvalue weighted by Crippen LogP contribution is -2.49. The lowest BCUT2D eigenvalue weighted by Gasteiger charge is -2.56. The average Bonchev–Trinajstić information content (AvgIpc) is 3.38. The lowest BCUT2D eigenvalue weighted by molar-refractivity contribution is -0.137. The molecule has 4 fully saturated rings. The van der Waals surface area contributed by atoms with E-state index in [0.29, 0.717) is 47.6 Å². The summed E-state index contributed by atoms with van der Waals surface area (Å²) in [4.78, 5) is 40.7. The second-order valence-electron chi connectivity index (χ2n) is 12.9. The standard InChI is InChI=1S/C30H39N5O8S/c36-26(33-28-31-6-1-7-32-28)5-3-18-2-4-24-22(11-18)12-25(43-24)23(13-27(37)38)34-44(40,41)35-29(39)42-17-30-14-19-8-20(15-30)10-21(9-19)16-30/h2,4,11-12,19-21,23,34H,1,3,5-10,13-17H2,(H,35,39)(H,37,38)(H2,31,32,33,36). The van der Waals surface area contributed by atoms with Gasteiger partial charge in [0.25, 0.3) is 0 Å². The summed E-state index contributed by atoms with van der Waals surface area (Å²) in [5.74, 6) is 1.10. The van der Waals surface area contributed by atoms with Crippen molar-refractivity contribution in [3.63, 3.8) is 0 Å². The molecular formula is C30H39N5O8S. The Hall–Kier alpha value is -3.65. The minimum absolute atomic E-state index is 0.0750. The largest absolute Gasteiger partial charge is 0.481 e. The first-order valence-electron chi connectivity index (χ1n) is 15.3. The summed E-state index contributed by atoms with van der Waals surface area (Å²) in [7, 11) is -4.49. The number of aryl methyl sites for hydroxylation is 1. The third-order valence-electron chi connectivity index (χ3n) is 9.31. The highest BCUT2D eigenvalue weighted by atomic mass is 32.2. The number of guanidine groups is 1. The molecule has 1 aliphatic heterocycles. The Morgan fingerprint density at radius 1 is 1.11 bits per heavy atom. The summed E-state index contributed by atoms with van der Waals surface area (Å²) in [6.07, 6.45) is 6.62. The van der Waals surface area contributed by atoms with Crippen LogP contribution >= 0.6 is 0 Å². The maximum absolute atomic E-state index is 12.9. The van der Waals surface area contributed by atoms with Crippen LogP contribution in [0.3, 0.4) is 0 Å². The van der Waals surface area contributed by atoms with Crippen molar-refractivity contribution in [1.82, 2.24) is 20.1 Å². The number of aliphatic imine (C=N–C) groups is 1. The number of carbonyl (C=O) groups is 3. The van der Waals surface area contributed by atoms with Gasteiger partial charge in [0, 0.05) is 30.3 Å². The zero-order chi connectivity index (χ0) is 30.9. The molecule has 14 heteroatoms. The Labute approximate surface area is 255 Å². The quantitative estimate of drug-likeness (QED) is 0.249. The van der Waals surface area contributed by atoms with Gasteiger partial charge in [0.05, 0.1) is 19.1 Å². The molecule has 44 heavy (non-hydrogen) atoms. The topological polar surface area (TPSA) is 188 Å². The Morgan fingerprint density at radius 2 is 1.84 bits per heavy atom. The fraction of sp³-hybridized carbons (Fsp3) is 0.600. The van der Waals surface area contributed by atoms with Crippen molar-refractivity contribution in [3.05, 3.63) is 35.6 Å². The average molecular weight is 630 g/mol. The van der Waals surface area contributed by atoms with E-state index >= 15 is 0 Å². The van der Waals surface area contributed by atoms with E-state index in [1.165, 1.54) is 19.3 Å². The van der Waals surface area contributed by atoms with E-state index in [9.17, 15) is 27.9 Å². The predicted octanol–water partition coefficient (Wildman–Crippen LogP) is 3.12. The molecule has 4 aliphatic carbocycles. The molecule has 0 saturated heterocycles. The summed E-state index contributed by atoms with van der Waals surface area (Å²) < 4.78 is 41.1. The SMILES string of the molecule is O=C(O)CC(NS(=O)(=O)NC(=O)OCC12CC3CC(CC(C3)C1)C2)c1cc2cc(CCC(=O)NC3=NCCCN3)ccc2o1. The Morgan fingerprint density at radius 3 is 2.50 bits per heavy atom. The van der Waals surface area contributed by atoms with Gasteiger partial charge in [-0.2, -0.15) is 13.1 Å². The van der Waals surface area contributed by atoms with Crippen molar-refractivity contribution in [2.75, 3.05) is 19.7 Å². The maximum Gasteiger partial charge on any atom is 0.421 e. The van der Waals surface area contributed by atoms with Gasteiger partial charge in [0.15, 0.2) is 5.96 Å². The van der Waals surface area contributed by atoms with E-state index in [1.807, 2.05) is 4.72 Å². The van der Waals surface area contributed by atoms with Crippen LogP contribution in [0.4, 0.5) is 4.79 Å². The van der Waals surface area contributed by atoms with Crippen molar-refractivity contribution in [3.8, 4) is 0 Å². The number of rotatable bonds is 11. The van der Waals surface area contributed by atoms with E-state index in [0.717, 1.165) is 37.8 Å². The lowest BCUT2D eigenvalue weighted by atomic mass is 9.50. The first-order valence-corrected chi connectivity index (χ1v) is 16.8. The van der Waals surface area contributed by atoms with Gasteiger partial charge in [-0.25, -0.2) is 9.52 Å². The van der Waals surface area contributed by atoms with Crippen molar-refractivity contribution in [2.24, 2.45) is 28.2 Å². The molecule has 1 aromatic carbocycles. The number of benzene rings is 1. The third-order valence-corrected chi connectivity index (χ3v) is 10.3. The van der Waals surface area contributed by atoms with E-state index in [2.05, 4.69) is 20.3 Å². The molecule has 2 amide bonds. The number of carboxylic acid groups (broad SMARTS) is 1. The van der Waals surface area contributed by atoms with Gasteiger partial charge in [0.1, 0.15) is 11.3 Å². The van der Waals surface area contributed by atoms with Gasteiger partial charge < -0.3 is 19.6 Å². The van der Waals surface area contributed by atoms with Crippen LogP contribution in [0, 0.1) is 23.2 Å². The van der Waals surface area contributed by atoms with Crippen LogP contribution in [0.15, 0.2) is 33.7 Å². The Bertz CT molecular complexity index is 1530. The van der Waals surface area contributed by atoms with Crippen molar-refractivity contribution < 1.29 is 37.1 Å². The fourth-order valence-corrected chi connectivity index (χ4v) is 8.84. The second kappa shape index (κ2) is 12.4. The van der Waals surface area contributed by atoms with E-state index in [1.54, 1.807) is 24.3 Å². The zero-order valence-corrected chi connectivity index (χ0v) is 25.3. The second-order valence-corrected chi connectivity index (χ2v) is 14.4. The van der Waals surface area contributed by atoms with E-state index < -0.39 is 34.7 Å². The van der Waals surface area contributed by atoms with Gasteiger partial charge in [0.2, 0.25) is 5.91 Å². The summed E-state index contributed by atoms with van der Waals surface area (Å²) in [6, 6.07) is 5.55. The maximum atomic E-state index is 12.9. The number of carbonyl (C=O) groups excluding carboxylic acids is 2.